The van der Waals surface area contributed by atoms with Crippen molar-refractivity contribution in [2.24, 2.45) is 0 Å². The van der Waals surface area contributed by atoms with Crippen molar-refractivity contribution in [3.05, 3.63) is 77.2 Å². The van der Waals surface area contributed by atoms with Crippen molar-refractivity contribution in [2.45, 2.75) is 56.4 Å². The fourth-order valence-corrected chi connectivity index (χ4v) is 6.38. The summed E-state index contributed by atoms with van der Waals surface area (Å²) in [6.45, 7) is 2.06. The highest BCUT2D eigenvalue weighted by atomic mass is 35.5. The Morgan fingerprint density at radius 2 is 1.81 bits per heavy atom. The second-order valence-corrected chi connectivity index (χ2v) is 11.4. The van der Waals surface area contributed by atoms with E-state index in [9.17, 15) is 8.42 Å². The van der Waals surface area contributed by atoms with Crippen molar-refractivity contribution in [1.82, 2.24) is 9.97 Å². The van der Waals surface area contributed by atoms with Crippen LogP contribution >= 0.6 is 11.6 Å². The van der Waals surface area contributed by atoms with E-state index in [2.05, 4.69) is 21.9 Å². The molecule has 3 aromatic carbocycles. The van der Waals surface area contributed by atoms with Gasteiger partial charge in [0.15, 0.2) is 0 Å². The molecule has 0 amide bonds. The zero-order chi connectivity index (χ0) is 26.0. The first-order valence-corrected chi connectivity index (χ1v) is 14.3. The third-order valence-corrected chi connectivity index (χ3v) is 8.62. The van der Waals surface area contributed by atoms with Gasteiger partial charge in [-0.05, 0) is 72.4 Å². The van der Waals surface area contributed by atoms with E-state index in [-0.39, 0.29) is 15.6 Å². The standard InChI is InChI=1S/C28H28ClFN4O2S/c1-2-18-14-20(15-21-17-31-28(33-27(18)21)32-22-8-4-3-5-9-22)19-12-13-25(24(30)16-19)34-37(35,36)26-11-7-6-10-23(26)29/h6-7,10-17,22,34H,2-5,8-9H2,1H3,(H,31,32,33). The molecule has 0 aliphatic heterocycles. The maximum atomic E-state index is 15.1. The van der Waals surface area contributed by atoms with Crippen LogP contribution < -0.4 is 10.0 Å². The highest BCUT2D eigenvalue weighted by Crippen LogP contribution is 2.31. The van der Waals surface area contributed by atoms with Gasteiger partial charge in [-0.25, -0.2) is 22.8 Å². The molecule has 0 atom stereocenters. The maximum absolute atomic E-state index is 15.1. The van der Waals surface area contributed by atoms with Gasteiger partial charge in [0.2, 0.25) is 5.95 Å². The van der Waals surface area contributed by atoms with Crippen molar-refractivity contribution < 1.29 is 12.8 Å². The minimum Gasteiger partial charge on any atom is -0.351 e. The lowest BCUT2D eigenvalue weighted by atomic mass is 9.96. The van der Waals surface area contributed by atoms with Gasteiger partial charge in [0.25, 0.3) is 10.0 Å². The van der Waals surface area contributed by atoms with Crippen molar-refractivity contribution in [3.8, 4) is 11.1 Å². The van der Waals surface area contributed by atoms with Crippen molar-refractivity contribution in [1.29, 1.82) is 0 Å². The van der Waals surface area contributed by atoms with E-state index >= 15 is 4.39 Å². The predicted molar refractivity (Wildman–Crippen MR) is 147 cm³/mol. The number of nitrogens with one attached hydrogen (secondary N) is 2. The molecule has 1 fully saturated rings. The SMILES string of the molecule is CCc1cc(-c2ccc(NS(=O)(=O)c3ccccc3Cl)c(F)c2)cc2cnc(NC3CCCCC3)nc12. The van der Waals surface area contributed by atoms with E-state index < -0.39 is 15.8 Å². The van der Waals surface area contributed by atoms with Crippen LogP contribution in [0, 0.1) is 5.82 Å². The summed E-state index contributed by atoms with van der Waals surface area (Å²) in [6, 6.07) is 14.8. The van der Waals surface area contributed by atoms with Gasteiger partial charge in [-0.3, -0.25) is 4.72 Å². The summed E-state index contributed by atoms with van der Waals surface area (Å²) in [7, 11) is -4.04. The van der Waals surface area contributed by atoms with E-state index in [1.54, 1.807) is 24.4 Å². The summed E-state index contributed by atoms with van der Waals surface area (Å²) in [5, 5.41) is 4.41. The third-order valence-electron chi connectivity index (χ3n) is 6.75. The van der Waals surface area contributed by atoms with Crippen LogP contribution in [-0.4, -0.2) is 24.4 Å². The Morgan fingerprint density at radius 1 is 1.03 bits per heavy atom. The maximum Gasteiger partial charge on any atom is 0.263 e. The Kier molecular flexibility index (Phi) is 7.31. The Morgan fingerprint density at radius 3 is 2.54 bits per heavy atom. The van der Waals surface area contributed by atoms with E-state index in [1.807, 2.05) is 12.1 Å². The van der Waals surface area contributed by atoms with Crippen LogP contribution in [0.2, 0.25) is 5.02 Å². The van der Waals surface area contributed by atoms with Gasteiger partial charge >= 0.3 is 0 Å². The lowest BCUT2D eigenvalue weighted by Crippen LogP contribution is -2.23. The van der Waals surface area contributed by atoms with Crippen LogP contribution in [0.1, 0.15) is 44.6 Å². The van der Waals surface area contributed by atoms with Gasteiger partial charge < -0.3 is 5.32 Å². The summed E-state index contributed by atoms with van der Waals surface area (Å²) in [4.78, 5) is 9.22. The summed E-state index contributed by atoms with van der Waals surface area (Å²) >= 11 is 6.03. The average Bonchev–Trinajstić information content (AvgIpc) is 2.90. The number of fused-ring (bicyclic) bond motifs is 1. The van der Waals surface area contributed by atoms with Crippen LogP contribution in [0.4, 0.5) is 16.0 Å². The number of sulfonamides is 1. The number of benzene rings is 3. The van der Waals surface area contributed by atoms with Crippen LogP contribution in [0.3, 0.4) is 0 Å². The number of hydrogen-bond acceptors (Lipinski definition) is 5. The summed E-state index contributed by atoms with van der Waals surface area (Å²) in [6.07, 6.45) is 8.57. The number of rotatable bonds is 7. The molecule has 1 aliphatic rings. The molecule has 9 heteroatoms. The van der Waals surface area contributed by atoms with Crippen LogP contribution in [0.25, 0.3) is 22.0 Å². The Labute approximate surface area is 221 Å². The second kappa shape index (κ2) is 10.6. The molecule has 4 aromatic rings. The molecule has 2 N–H and O–H groups in total. The van der Waals surface area contributed by atoms with Gasteiger partial charge in [0, 0.05) is 17.6 Å². The number of nitrogens with zero attached hydrogens (tertiary/aromatic N) is 2. The van der Waals surface area contributed by atoms with Crippen molar-refractivity contribution in [2.75, 3.05) is 10.0 Å². The van der Waals surface area contributed by atoms with Crippen LogP contribution in [0.15, 0.2) is 65.7 Å². The molecule has 5 rings (SSSR count). The fourth-order valence-electron chi connectivity index (χ4n) is 4.79. The fraction of sp³-hybridized carbons (Fsp3) is 0.286. The van der Waals surface area contributed by atoms with Gasteiger partial charge in [0.1, 0.15) is 10.7 Å². The number of hydrogen-bond donors (Lipinski definition) is 2. The number of halogens is 2. The second-order valence-electron chi connectivity index (χ2n) is 9.33. The van der Waals surface area contributed by atoms with Gasteiger partial charge in [-0.1, -0.05) is 56.0 Å². The average molecular weight is 539 g/mol. The lowest BCUT2D eigenvalue weighted by Gasteiger charge is -2.22. The smallest absolute Gasteiger partial charge is 0.263 e. The summed E-state index contributed by atoms with van der Waals surface area (Å²) in [5.41, 5.74) is 3.19. The molecule has 1 heterocycles. The highest BCUT2D eigenvalue weighted by Gasteiger charge is 2.20. The zero-order valence-corrected chi connectivity index (χ0v) is 22.0. The van der Waals surface area contributed by atoms with E-state index in [0.717, 1.165) is 41.3 Å². The molecule has 1 aliphatic carbocycles. The topological polar surface area (TPSA) is 84.0 Å². The highest BCUT2D eigenvalue weighted by molar-refractivity contribution is 7.92. The van der Waals surface area contributed by atoms with E-state index in [4.69, 9.17) is 16.6 Å². The molecule has 192 valence electrons. The minimum atomic E-state index is -4.04. The first kappa shape index (κ1) is 25.4. The van der Waals surface area contributed by atoms with Gasteiger partial charge in [0.05, 0.1) is 16.2 Å². The van der Waals surface area contributed by atoms with Crippen LogP contribution in [-0.2, 0) is 16.4 Å². The Balaban J connectivity index is 1.42. The molecule has 37 heavy (non-hydrogen) atoms. The molecule has 1 saturated carbocycles. The van der Waals surface area contributed by atoms with Gasteiger partial charge in [-0.15, -0.1) is 0 Å². The lowest BCUT2D eigenvalue weighted by molar-refractivity contribution is 0.461. The normalized spacial score (nSPS) is 14.6. The molecule has 1 aromatic heterocycles. The monoisotopic (exact) mass is 538 g/mol. The Bertz CT molecular complexity index is 1560. The number of aromatic nitrogens is 2. The summed E-state index contributed by atoms with van der Waals surface area (Å²) < 4.78 is 42.8. The predicted octanol–water partition coefficient (Wildman–Crippen LogP) is 7.20. The molecule has 0 bridgehead atoms. The number of anilines is 2. The molecule has 0 spiro atoms. The van der Waals surface area contributed by atoms with E-state index in [0.29, 0.717) is 17.6 Å². The molecular formula is C28H28ClFN4O2S. The van der Waals surface area contributed by atoms with Gasteiger partial charge in [-0.2, -0.15) is 0 Å². The molecular weight excluding hydrogens is 511 g/mol. The zero-order valence-electron chi connectivity index (χ0n) is 20.5. The number of aryl methyl sites for hydroxylation is 1. The quantitative estimate of drug-likeness (QED) is 0.260. The summed E-state index contributed by atoms with van der Waals surface area (Å²) in [5.74, 6) is -0.0439. The third kappa shape index (κ3) is 5.55. The van der Waals surface area contributed by atoms with Crippen LogP contribution in [0.5, 0.6) is 0 Å². The Hall–Kier alpha value is -3.23. The molecule has 0 radical (unpaired) electrons. The van der Waals surface area contributed by atoms with E-state index in [1.165, 1.54) is 43.5 Å². The molecule has 6 nitrogen and oxygen atoms in total. The first-order valence-electron chi connectivity index (χ1n) is 12.5. The minimum absolute atomic E-state index is 0.0644. The first-order chi connectivity index (χ1) is 17.8. The molecule has 0 unspecified atom stereocenters. The largest absolute Gasteiger partial charge is 0.351 e. The van der Waals surface area contributed by atoms with Crippen molar-refractivity contribution >= 4 is 44.2 Å². The molecule has 0 saturated heterocycles. The van der Waals surface area contributed by atoms with Crippen molar-refractivity contribution in [3.63, 3.8) is 0 Å².